The van der Waals surface area contributed by atoms with Crippen molar-refractivity contribution in [1.82, 2.24) is 24.3 Å². The van der Waals surface area contributed by atoms with E-state index >= 15 is 0 Å². The lowest BCUT2D eigenvalue weighted by Crippen LogP contribution is -2.47. The lowest BCUT2D eigenvalue weighted by Gasteiger charge is -2.43. The number of nitrogen functional groups attached to an aromatic ring is 1. The van der Waals surface area contributed by atoms with Crippen molar-refractivity contribution < 1.29 is 22.7 Å². The van der Waals surface area contributed by atoms with Gasteiger partial charge in [-0.15, -0.1) is 0 Å². The maximum Gasteiger partial charge on any atom is 0.433 e. The molecule has 2 aliphatic heterocycles. The third kappa shape index (κ3) is 3.14. The second-order valence-electron chi connectivity index (χ2n) is 8.33. The van der Waals surface area contributed by atoms with Gasteiger partial charge in [-0.25, -0.2) is 15.0 Å². The van der Waals surface area contributed by atoms with Crippen LogP contribution in [-0.2, 0) is 6.18 Å². The number of pyridine rings is 1. The van der Waals surface area contributed by atoms with E-state index < -0.39 is 17.9 Å². The van der Waals surface area contributed by atoms with Crippen molar-refractivity contribution in [2.24, 2.45) is 0 Å². The van der Waals surface area contributed by atoms with Crippen molar-refractivity contribution in [1.29, 1.82) is 0 Å². The molecule has 0 aliphatic carbocycles. The first kappa shape index (κ1) is 21.0. The van der Waals surface area contributed by atoms with Gasteiger partial charge in [-0.1, -0.05) is 11.6 Å². The fourth-order valence-corrected chi connectivity index (χ4v) is 4.95. The molecule has 0 saturated carbocycles. The Labute approximate surface area is 195 Å². The molecule has 2 atom stereocenters. The quantitative estimate of drug-likeness (QED) is 0.429. The Morgan fingerprint density at radius 2 is 2.03 bits per heavy atom. The van der Waals surface area contributed by atoms with Crippen LogP contribution >= 0.6 is 11.6 Å². The first-order valence-corrected chi connectivity index (χ1v) is 10.8. The summed E-state index contributed by atoms with van der Waals surface area (Å²) in [6.45, 7) is 0.365. The molecule has 8 nitrogen and oxygen atoms in total. The predicted octanol–water partition coefficient (Wildman–Crippen LogP) is 4.27. The van der Waals surface area contributed by atoms with Crippen LogP contribution in [0.5, 0.6) is 5.88 Å². The van der Waals surface area contributed by atoms with E-state index in [0.717, 1.165) is 6.07 Å². The fourth-order valence-electron chi connectivity index (χ4n) is 4.71. The zero-order valence-electron chi connectivity index (χ0n) is 17.4. The van der Waals surface area contributed by atoms with Gasteiger partial charge in [0.05, 0.1) is 40.2 Å². The van der Waals surface area contributed by atoms with Crippen LogP contribution in [-0.4, -0.2) is 42.8 Å². The second-order valence-corrected chi connectivity index (χ2v) is 8.74. The maximum atomic E-state index is 13.7. The van der Waals surface area contributed by atoms with E-state index in [4.69, 9.17) is 22.1 Å². The molecule has 12 heteroatoms. The first-order chi connectivity index (χ1) is 16.2. The summed E-state index contributed by atoms with van der Waals surface area (Å²) in [5.74, 6) is -0.141. The molecular weight excluding hydrogens is 473 g/mol. The van der Waals surface area contributed by atoms with Crippen LogP contribution in [0.3, 0.4) is 0 Å². The molecule has 0 spiro atoms. The number of benzene rings is 1. The number of carbonyl (C=O) groups excluding carboxylic acids is 1. The first-order valence-electron chi connectivity index (χ1n) is 10.5. The van der Waals surface area contributed by atoms with Crippen LogP contribution in [0.25, 0.3) is 16.6 Å². The molecule has 1 fully saturated rings. The molecule has 174 valence electrons. The van der Waals surface area contributed by atoms with E-state index in [9.17, 15) is 18.0 Å². The summed E-state index contributed by atoms with van der Waals surface area (Å²) in [6.07, 6.45) is -0.835. The molecule has 1 aromatic carbocycles. The third-order valence-corrected chi connectivity index (χ3v) is 6.64. The van der Waals surface area contributed by atoms with Crippen LogP contribution in [0.1, 0.15) is 40.5 Å². The highest BCUT2D eigenvalue weighted by molar-refractivity contribution is 6.34. The summed E-state index contributed by atoms with van der Waals surface area (Å²) < 4.78 is 46.9. The summed E-state index contributed by atoms with van der Waals surface area (Å²) in [4.78, 5) is 27.4. The highest BCUT2D eigenvalue weighted by Gasteiger charge is 2.42. The number of aromatic nitrogens is 4. The lowest BCUT2D eigenvalue weighted by molar-refractivity contribution is -0.141. The number of nitrogens with two attached hydrogens (primary N) is 1. The van der Waals surface area contributed by atoms with Crippen LogP contribution in [0.15, 0.2) is 36.8 Å². The number of ether oxygens (including phenoxy) is 1. The number of hydrogen-bond donors (Lipinski definition) is 1. The SMILES string of the molecule is Nc1nc2cc(Cl)c(C(=O)N3CC[C@H]4C[C@@H]3c3ccc(C(F)(F)F)nc3O4)cc2n2cncc12. The molecule has 0 radical (unpaired) electrons. The molecule has 2 bridgehead atoms. The largest absolute Gasteiger partial charge is 0.474 e. The molecule has 2 N–H and O–H groups in total. The number of rotatable bonds is 1. The number of likely N-dealkylation sites (tertiary alicyclic amines) is 1. The van der Waals surface area contributed by atoms with Crippen LogP contribution in [0.2, 0.25) is 5.02 Å². The molecule has 5 heterocycles. The van der Waals surface area contributed by atoms with Crippen molar-refractivity contribution in [3.63, 3.8) is 0 Å². The van der Waals surface area contributed by atoms with Gasteiger partial charge in [0.15, 0.2) is 0 Å². The molecule has 4 aromatic rings. The maximum absolute atomic E-state index is 13.7. The van der Waals surface area contributed by atoms with Gasteiger partial charge in [-0.3, -0.25) is 9.20 Å². The van der Waals surface area contributed by atoms with Crippen molar-refractivity contribution in [3.8, 4) is 5.88 Å². The average Bonchev–Trinajstić information content (AvgIpc) is 3.29. The zero-order chi connectivity index (χ0) is 23.8. The Kier molecular flexibility index (Phi) is 4.44. The third-order valence-electron chi connectivity index (χ3n) is 6.33. The monoisotopic (exact) mass is 488 g/mol. The van der Waals surface area contributed by atoms with Gasteiger partial charge in [0.25, 0.3) is 5.91 Å². The van der Waals surface area contributed by atoms with Gasteiger partial charge in [0.1, 0.15) is 23.1 Å². The van der Waals surface area contributed by atoms with Gasteiger partial charge >= 0.3 is 6.18 Å². The lowest BCUT2D eigenvalue weighted by atomic mass is 9.90. The Bertz CT molecular complexity index is 1490. The van der Waals surface area contributed by atoms with Crippen LogP contribution < -0.4 is 10.5 Å². The van der Waals surface area contributed by atoms with E-state index in [1.54, 1.807) is 34.0 Å². The number of anilines is 1. The number of carbonyl (C=O) groups is 1. The summed E-state index contributed by atoms with van der Waals surface area (Å²) >= 11 is 6.48. The Morgan fingerprint density at radius 3 is 2.82 bits per heavy atom. The van der Waals surface area contributed by atoms with Crippen molar-refractivity contribution in [2.45, 2.75) is 31.2 Å². The van der Waals surface area contributed by atoms with Gasteiger partial charge in [0, 0.05) is 24.9 Å². The molecule has 2 aliphatic rings. The molecule has 0 unspecified atom stereocenters. The minimum atomic E-state index is -4.59. The minimum Gasteiger partial charge on any atom is -0.474 e. The number of piperidine rings is 1. The number of nitrogens with zero attached hydrogens (tertiary/aromatic N) is 5. The standard InChI is InChI=1S/C22H16ClF3N6O2/c23-13-7-14-16(32-9-28-8-17(32)19(27)29-14)6-12(13)21(33)31-4-3-10-5-15(31)11-1-2-18(22(24,25)26)30-20(11)34-10/h1-2,6-10,15H,3-5H2,(H2,27,29)/t10-,15+/m0/s1. The summed E-state index contributed by atoms with van der Waals surface area (Å²) in [7, 11) is 0. The zero-order valence-corrected chi connectivity index (χ0v) is 18.1. The number of alkyl halides is 3. The van der Waals surface area contributed by atoms with E-state index in [0.29, 0.717) is 41.5 Å². The minimum absolute atomic E-state index is 0.0852. The number of amides is 1. The van der Waals surface area contributed by atoms with E-state index in [1.165, 1.54) is 6.07 Å². The number of halogens is 4. The Balaban J connectivity index is 1.42. The number of imidazole rings is 1. The van der Waals surface area contributed by atoms with Gasteiger partial charge in [0.2, 0.25) is 5.88 Å². The fraction of sp³-hybridized carbons (Fsp3) is 0.273. The molecular formula is C22H16ClF3N6O2. The molecule has 6 rings (SSSR count). The molecule has 1 saturated heterocycles. The van der Waals surface area contributed by atoms with Gasteiger partial charge in [-0.05, 0) is 24.3 Å². The normalized spacial score (nSPS) is 19.8. The highest BCUT2D eigenvalue weighted by Crippen LogP contribution is 2.44. The van der Waals surface area contributed by atoms with Crippen molar-refractivity contribution >= 4 is 39.9 Å². The predicted molar refractivity (Wildman–Crippen MR) is 117 cm³/mol. The Hall–Kier alpha value is -3.60. The summed E-state index contributed by atoms with van der Waals surface area (Å²) in [6, 6.07) is 4.98. The average molecular weight is 489 g/mol. The van der Waals surface area contributed by atoms with Crippen molar-refractivity contribution in [3.05, 3.63) is 58.6 Å². The number of fused-ring (bicyclic) bond motifs is 7. The van der Waals surface area contributed by atoms with E-state index in [-0.39, 0.29) is 34.3 Å². The van der Waals surface area contributed by atoms with Gasteiger partial charge < -0.3 is 15.4 Å². The molecule has 34 heavy (non-hydrogen) atoms. The van der Waals surface area contributed by atoms with Gasteiger partial charge in [-0.2, -0.15) is 13.2 Å². The summed E-state index contributed by atoms with van der Waals surface area (Å²) in [5.41, 5.74) is 7.36. The highest BCUT2D eigenvalue weighted by atomic mass is 35.5. The van der Waals surface area contributed by atoms with Crippen LogP contribution in [0, 0.1) is 0 Å². The van der Waals surface area contributed by atoms with E-state index in [1.807, 2.05) is 0 Å². The smallest absolute Gasteiger partial charge is 0.433 e. The van der Waals surface area contributed by atoms with Crippen molar-refractivity contribution in [2.75, 3.05) is 12.3 Å². The molecule has 1 amide bonds. The van der Waals surface area contributed by atoms with E-state index in [2.05, 4.69) is 15.0 Å². The second kappa shape index (κ2) is 7.20. The topological polar surface area (TPSA) is 98.6 Å². The summed E-state index contributed by atoms with van der Waals surface area (Å²) in [5, 5.41) is 0.198. The van der Waals surface area contributed by atoms with Crippen LogP contribution in [0.4, 0.5) is 19.0 Å². The molecule has 3 aromatic heterocycles. The number of hydrogen-bond acceptors (Lipinski definition) is 6. The Morgan fingerprint density at radius 1 is 1.21 bits per heavy atom.